The molecule has 0 aliphatic carbocycles. The fourth-order valence-electron chi connectivity index (χ4n) is 1.54. The van der Waals surface area contributed by atoms with E-state index in [1.54, 1.807) is 7.11 Å². The lowest BCUT2D eigenvalue weighted by molar-refractivity contribution is 0.0797. The van der Waals surface area contributed by atoms with Crippen LogP contribution in [0.4, 0.5) is 0 Å². The van der Waals surface area contributed by atoms with Crippen LogP contribution in [0, 0.1) is 0 Å². The van der Waals surface area contributed by atoms with Gasteiger partial charge in [-0.1, -0.05) is 33.1 Å². The molecule has 0 heterocycles. The van der Waals surface area contributed by atoms with Gasteiger partial charge in [0, 0.05) is 13.2 Å². The largest absolute Gasteiger partial charge is 0.380 e. The second kappa shape index (κ2) is 8.52. The van der Waals surface area contributed by atoms with E-state index < -0.39 is 0 Å². The van der Waals surface area contributed by atoms with Gasteiger partial charge in [-0.3, -0.25) is 0 Å². The van der Waals surface area contributed by atoms with E-state index in [2.05, 4.69) is 26.1 Å². The van der Waals surface area contributed by atoms with E-state index in [0.717, 1.165) is 6.54 Å². The summed E-state index contributed by atoms with van der Waals surface area (Å²) in [6, 6.07) is 0.529. The van der Waals surface area contributed by atoms with Crippen LogP contribution in [0.2, 0.25) is 0 Å². The zero-order valence-electron chi connectivity index (χ0n) is 9.60. The highest BCUT2D eigenvalue weighted by molar-refractivity contribution is 4.72. The molecule has 0 aromatic rings. The van der Waals surface area contributed by atoms with Crippen molar-refractivity contribution < 1.29 is 4.74 Å². The Hall–Kier alpha value is -0.0800. The molecule has 0 aliphatic heterocycles. The van der Waals surface area contributed by atoms with Gasteiger partial charge < -0.3 is 10.1 Å². The van der Waals surface area contributed by atoms with Gasteiger partial charge in [0.25, 0.3) is 0 Å². The standard InChI is InChI=1S/C11H25NO/c1-5-7-8-9-11(12-6-2)10(3)13-4/h10-12H,5-9H2,1-4H3. The number of unbranched alkanes of at least 4 members (excludes halogenated alkanes) is 2. The first-order chi connectivity index (χ1) is 6.26. The molecule has 0 saturated heterocycles. The lowest BCUT2D eigenvalue weighted by atomic mass is 10.0. The van der Waals surface area contributed by atoms with E-state index in [1.165, 1.54) is 25.7 Å². The summed E-state index contributed by atoms with van der Waals surface area (Å²) in [5.41, 5.74) is 0. The Labute approximate surface area is 83.1 Å². The predicted molar refractivity (Wildman–Crippen MR) is 58.1 cm³/mol. The Balaban J connectivity index is 3.65. The van der Waals surface area contributed by atoms with E-state index in [1.807, 2.05) is 0 Å². The molecule has 0 saturated carbocycles. The quantitative estimate of drug-likeness (QED) is 0.590. The molecule has 0 fully saturated rings. The number of rotatable bonds is 8. The van der Waals surface area contributed by atoms with Crippen LogP contribution >= 0.6 is 0 Å². The third kappa shape index (κ3) is 6.05. The van der Waals surface area contributed by atoms with E-state index in [4.69, 9.17) is 4.74 Å². The first-order valence-corrected chi connectivity index (χ1v) is 5.52. The van der Waals surface area contributed by atoms with Crippen LogP contribution < -0.4 is 5.32 Å². The van der Waals surface area contributed by atoms with Crippen LogP contribution in [0.5, 0.6) is 0 Å². The van der Waals surface area contributed by atoms with Gasteiger partial charge >= 0.3 is 0 Å². The third-order valence-electron chi connectivity index (χ3n) is 2.52. The number of hydrogen-bond acceptors (Lipinski definition) is 2. The molecule has 0 spiro atoms. The molecule has 0 amide bonds. The van der Waals surface area contributed by atoms with Crippen molar-refractivity contribution in [3.63, 3.8) is 0 Å². The van der Waals surface area contributed by atoms with E-state index >= 15 is 0 Å². The van der Waals surface area contributed by atoms with E-state index in [9.17, 15) is 0 Å². The molecule has 0 radical (unpaired) electrons. The van der Waals surface area contributed by atoms with Crippen molar-refractivity contribution in [1.82, 2.24) is 5.32 Å². The van der Waals surface area contributed by atoms with Gasteiger partial charge in [0.2, 0.25) is 0 Å². The summed E-state index contributed by atoms with van der Waals surface area (Å²) in [6.45, 7) is 7.56. The molecule has 2 atom stereocenters. The van der Waals surface area contributed by atoms with Crippen molar-refractivity contribution in [2.75, 3.05) is 13.7 Å². The smallest absolute Gasteiger partial charge is 0.0696 e. The predicted octanol–water partition coefficient (Wildman–Crippen LogP) is 2.58. The maximum absolute atomic E-state index is 5.33. The van der Waals surface area contributed by atoms with Crippen molar-refractivity contribution in [3.05, 3.63) is 0 Å². The number of ether oxygens (including phenoxy) is 1. The Kier molecular flexibility index (Phi) is 8.46. The molecule has 2 unspecified atom stereocenters. The summed E-state index contributed by atoms with van der Waals surface area (Å²) >= 11 is 0. The molecule has 0 aromatic carbocycles. The maximum Gasteiger partial charge on any atom is 0.0696 e. The number of nitrogens with one attached hydrogen (secondary N) is 1. The van der Waals surface area contributed by atoms with Gasteiger partial charge in [0.1, 0.15) is 0 Å². The highest BCUT2D eigenvalue weighted by atomic mass is 16.5. The fourth-order valence-corrected chi connectivity index (χ4v) is 1.54. The molecule has 0 bridgehead atoms. The van der Waals surface area contributed by atoms with Crippen LogP contribution in [-0.4, -0.2) is 25.8 Å². The molecule has 0 aromatic heterocycles. The van der Waals surface area contributed by atoms with Gasteiger partial charge in [-0.2, -0.15) is 0 Å². The molecular weight excluding hydrogens is 162 g/mol. The van der Waals surface area contributed by atoms with Crippen molar-refractivity contribution in [2.45, 2.75) is 58.6 Å². The molecule has 2 heteroatoms. The van der Waals surface area contributed by atoms with Gasteiger partial charge in [-0.15, -0.1) is 0 Å². The summed E-state index contributed by atoms with van der Waals surface area (Å²) in [6.07, 6.45) is 5.49. The van der Waals surface area contributed by atoms with Gasteiger partial charge in [0.15, 0.2) is 0 Å². The molecule has 0 aliphatic rings. The van der Waals surface area contributed by atoms with Crippen LogP contribution in [0.1, 0.15) is 46.5 Å². The number of likely N-dealkylation sites (N-methyl/N-ethyl adjacent to an activating group) is 1. The van der Waals surface area contributed by atoms with Crippen molar-refractivity contribution in [1.29, 1.82) is 0 Å². The maximum atomic E-state index is 5.33. The fraction of sp³-hybridized carbons (Fsp3) is 1.00. The topological polar surface area (TPSA) is 21.3 Å². The van der Waals surface area contributed by atoms with Gasteiger partial charge in [-0.05, 0) is 19.9 Å². The minimum Gasteiger partial charge on any atom is -0.380 e. The highest BCUT2D eigenvalue weighted by Crippen LogP contribution is 2.08. The summed E-state index contributed by atoms with van der Waals surface area (Å²) in [5.74, 6) is 0. The number of hydrogen-bond donors (Lipinski definition) is 1. The van der Waals surface area contributed by atoms with Crippen LogP contribution in [0.15, 0.2) is 0 Å². The summed E-state index contributed by atoms with van der Waals surface area (Å²) in [7, 11) is 1.79. The third-order valence-corrected chi connectivity index (χ3v) is 2.52. The molecule has 1 N–H and O–H groups in total. The van der Waals surface area contributed by atoms with Crippen LogP contribution in [0.25, 0.3) is 0 Å². The van der Waals surface area contributed by atoms with Crippen molar-refractivity contribution >= 4 is 0 Å². The molecule has 13 heavy (non-hydrogen) atoms. The minimum absolute atomic E-state index is 0.330. The Morgan fingerprint density at radius 3 is 2.38 bits per heavy atom. The van der Waals surface area contributed by atoms with Crippen LogP contribution in [0.3, 0.4) is 0 Å². The summed E-state index contributed by atoms with van der Waals surface area (Å²) in [5, 5.41) is 3.47. The Morgan fingerprint density at radius 2 is 1.92 bits per heavy atom. The lowest BCUT2D eigenvalue weighted by Crippen LogP contribution is -2.39. The van der Waals surface area contributed by atoms with Crippen molar-refractivity contribution in [3.8, 4) is 0 Å². The highest BCUT2D eigenvalue weighted by Gasteiger charge is 2.14. The molecule has 80 valence electrons. The Morgan fingerprint density at radius 1 is 1.23 bits per heavy atom. The second-order valence-corrected chi connectivity index (χ2v) is 3.60. The normalized spacial score (nSPS) is 15.7. The van der Waals surface area contributed by atoms with Crippen LogP contribution in [-0.2, 0) is 4.74 Å². The monoisotopic (exact) mass is 187 g/mol. The van der Waals surface area contributed by atoms with E-state index in [0.29, 0.717) is 12.1 Å². The molecule has 0 rings (SSSR count). The molecular formula is C11H25NO. The van der Waals surface area contributed by atoms with Gasteiger partial charge in [0.05, 0.1) is 6.10 Å². The second-order valence-electron chi connectivity index (χ2n) is 3.60. The average molecular weight is 187 g/mol. The first-order valence-electron chi connectivity index (χ1n) is 5.52. The average Bonchev–Trinajstić information content (AvgIpc) is 2.16. The zero-order valence-corrected chi connectivity index (χ0v) is 9.60. The van der Waals surface area contributed by atoms with Crippen molar-refractivity contribution in [2.24, 2.45) is 0 Å². The molecule has 2 nitrogen and oxygen atoms in total. The number of methoxy groups -OCH3 is 1. The first kappa shape index (κ1) is 12.9. The minimum atomic E-state index is 0.330. The summed E-state index contributed by atoms with van der Waals surface area (Å²) < 4.78 is 5.33. The summed E-state index contributed by atoms with van der Waals surface area (Å²) in [4.78, 5) is 0. The van der Waals surface area contributed by atoms with Gasteiger partial charge in [-0.25, -0.2) is 0 Å². The Bertz CT molecular complexity index is 106. The van der Waals surface area contributed by atoms with E-state index in [-0.39, 0.29) is 0 Å². The lowest BCUT2D eigenvalue weighted by Gasteiger charge is -2.23. The SMILES string of the molecule is CCCCCC(NCC)C(C)OC. The zero-order chi connectivity index (χ0) is 10.1.